The van der Waals surface area contributed by atoms with Crippen LogP contribution in [-0.2, 0) is 16.6 Å². The van der Waals surface area contributed by atoms with E-state index in [0.29, 0.717) is 44.0 Å². The largest absolute Gasteiger partial charge is 0.363 e. The van der Waals surface area contributed by atoms with Crippen molar-refractivity contribution in [2.75, 3.05) is 35.8 Å². The van der Waals surface area contributed by atoms with Crippen LogP contribution in [0.1, 0.15) is 5.56 Å². The molecule has 0 spiro atoms. The third kappa shape index (κ3) is 5.77. The van der Waals surface area contributed by atoms with Crippen LogP contribution in [-0.4, -0.2) is 59.1 Å². The maximum Gasteiger partial charge on any atom is 0.293 e. The van der Waals surface area contributed by atoms with Gasteiger partial charge in [0.15, 0.2) is 5.82 Å². The van der Waals surface area contributed by atoms with Crippen LogP contribution in [0, 0.1) is 20.2 Å². The summed E-state index contributed by atoms with van der Waals surface area (Å²) >= 11 is 0. The standard InChI is InChI=1S/C26H25N7O6S/c34-32(35)23-9-5-4-6-20(23)19-29-14-16-30(17-15-29)24-11-10-22(18-25(24)33(36)37)40(38,39)28-26-12-13-31(27-26)21-7-2-1-3-8-21/h1-13,18H,14-17,19H2,(H,27,28). The minimum absolute atomic E-state index is 0.0535. The number of hydrogen-bond acceptors (Lipinski definition) is 9. The minimum atomic E-state index is -4.15. The summed E-state index contributed by atoms with van der Waals surface area (Å²) in [7, 11) is -4.15. The molecule has 206 valence electrons. The van der Waals surface area contributed by atoms with Gasteiger partial charge in [0.2, 0.25) is 0 Å². The molecular weight excluding hydrogens is 538 g/mol. The zero-order valence-corrected chi connectivity index (χ0v) is 22.0. The Hall–Kier alpha value is -4.82. The fourth-order valence-corrected chi connectivity index (χ4v) is 5.61. The molecule has 5 rings (SSSR count). The summed E-state index contributed by atoms with van der Waals surface area (Å²) in [4.78, 5) is 25.9. The van der Waals surface area contributed by atoms with E-state index in [1.807, 2.05) is 40.1 Å². The predicted molar refractivity (Wildman–Crippen MR) is 148 cm³/mol. The fourth-order valence-electron chi connectivity index (χ4n) is 4.59. The average Bonchev–Trinajstić information content (AvgIpc) is 3.41. The number of sulfonamides is 1. The summed E-state index contributed by atoms with van der Waals surface area (Å²) in [5.74, 6) is 0.0744. The molecule has 1 aliphatic heterocycles. The molecule has 40 heavy (non-hydrogen) atoms. The highest BCUT2D eigenvalue weighted by molar-refractivity contribution is 7.92. The SMILES string of the molecule is O=[N+]([O-])c1ccccc1CN1CCN(c2ccc(S(=O)(=O)Nc3ccn(-c4ccccc4)n3)cc2[N+](=O)[O-])CC1. The van der Waals surface area contributed by atoms with Crippen molar-refractivity contribution in [3.05, 3.63) is 111 Å². The van der Waals surface area contributed by atoms with Crippen LogP contribution in [0.5, 0.6) is 0 Å². The second kappa shape index (κ2) is 11.1. The van der Waals surface area contributed by atoms with Gasteiger partial charge in [-0.3, -0.25) is 29.9 Å². The molecule has 1 aromatic heterocycles. The van der Waals surface area contributed by atoms with Gasteiger partial charge < -0.3 is 4.90 Å². The molecule has 0 amide bonds. The van der Waals surface area contributed by atoms with E-state index in [2.05, 4.69) is 9.82 Å². The first-order valence-corrected chi connectivity index (χ1v) is 13.8. The number of nitro benzene ring substituents is 2. The highest BCUT2D eigenvalue weighted by Gasteiger charge is 2.28. The third-order valence-corrected chi connectivity index (χ3v) is 7.95. The molecule has 3 aromatic carbocycles. The Bertz CT molecular complexity index is 1650. The minimum Gasteiger partial charge on any atom is -0.363 e. The van der Waals surface area contributed by atoms with Crippen LogP contribution in [0.3, 0.4) is 0 Å². The van der Waals surface area contributed by atoms with Gasteiger partial charge in [-0.1, -0.05) is 36.4 Å². The highest BCUT2D eigenvalue weighted by Crippen LogP contribution is 2.32. The molecule has 0 radical (unpaired) electrons. The zero-order valence-electron chi connectivity index (χ0n) is 21.2. The van der Waals surface area contributed by atoms with Crippen molar-refractivity contribution in [2.24, 2.45) is 0 Å². The quantitative estimate of drug-likeness (QED) is 0.236. The molecular formula is C26H25N7O6S. The van der Waals surface area contributed by atoms with Gasteiger partial charge in [-0.2, -0.15) is 0 Å². The molecule has 2 heterocycles. The van der Waals surface area contributed by atoms with E-state index in [4.69, 9.17) is 0 Å². The molecule has 14 heteroatoms. The lowest BCUT2D eigenvalue weighted by Crippen LogP contribution is -2.46. The van der Waals surface area contributed by atoms with E-state index >= 15 is 0 Å². The van der Waals surface area contributed by atoms with E-state index in [1.54, 1.807) is 24.4 Å². The predicted octanol–water partition coefficient (Wildman–Crippen LogP) is 3.81. The van der Waals surface area contributed by atoms with Crippen molar-refractivity contribution in [1.29, 1.82) is 0 Å². The summed E-state index contributed by atoms with van der Waals surface area (Å²) in [6.07, 6.45) is 1.61. The molecule has 1 saturated heterocycles. The van der Waals surface area contributed by atoms with Gasteiger partial charge in [-0.15, -0.1) is 5.10 Å². The number of aromatic nitrogens is 2. The number of piperazine rings is 1. The Morgan fingerprint density at radius 3 is 2.20 bits per heavy atom. The molecule has 0 unspecified atom stereocenters. The smallest absolute Gasteiger partial charge is 0.293 e. The monoisotopic (exact) mass is 563 g/mol. The van der Waals surface area contributed by atoms with Crippen LogP contribution in [0.15, 0.2) is 90.0 Å². The van der Waals surface area contributed by atoms with E-state index < -0.39 is 19.9 Å². The lowest BCUT2D eigenvalue weighted by molar-refractivity contribution is -0.385. The van der Waals surface area contributed by atoms with E-state index in [0.717, 1.165) is 11.8 Å². The molecule has 1 aliphatic rings. The Balaban J connectivity index is 1.29. The summed E-state index contributed by atoms with van der Waals surface area (Å²) in [5, 5.41) is 27.5. The van der Waals surface area contributed by atoms with Gasteiger partial charge in [-0.25, -0.2) is 13.1 Å². The van der Waals surface area contributed by atoms with Crippen LogP contribution < -0.4 is 9.62 Å². The fraction of sp³-hybridized carbons (Fsp3) is 0.192. The zero-order chi connectivity index (χ0) is 28.3. The lowest BCUT2D eigenvalue weighted by atomic mass is 10.1. The Morgan fingerprint density at radius 1 is 0.825 bits per heavy atom. The second-order valence-corrected chi connectivity index (χ2v) is 10.8. The Kier molecular flexibility index (Phi) is 7.44. The lowest BCUT2D eigenvalue weighted by Gasteiger charge is -2.35. The van der Waals surface area contributed by atoms with Gasteiger partial charge in [0, 0.05) is 62.7 Å². The molecule has 0 atom stereocenters. The Labute approximate surface area is 229 Å². The first kappa shape index (κ1) is 26.8. The van der Waals surface area contributed by atoms with E-state index in [-0.39, 0.29) is 22.1 Å². The third-order valence-electron chi connectivity index (χ3n) is 6.60. The van der Waals surface area contributed by atoms with Crippen molar-refractivity contribution >= 4 is 32.9 Å². The number of hydrogen-bond donors (Lipinski definition) is 1. The number of benzene rings is 3. The van der Waals surface area contributed by atoms with Crippen LogP contribution in [0.2, 0.25) is 0 Å². The summed E-state index contributed by atoms with van der Waals surface area (Å²) in [6, 6.07) is 21.0. The second-order valence-electron chi connectivity index (χ2n) is 9.14. The normalized spacial score (nSPS) is 14.2. The first-order valence-electron chi connectivity index (χ1n) is 12.3. The summed E-state index contributed by atoms with van der Waals surface area (Å²) in [5.41, 5.74) is 1.38. The van der Waals surface area contributed by atoms with Gasteiger partial charge in [0.05, 0.1) is 20.4 Å². The number of nitro groups is 2. The number of rotatable bonds is 9. The molecule has 4 aromatic rings. The van der Waals surface area contributed by atoms with Gasteiger partial charge in [0.25, 0.3) is 21.4 Å². The molecule has 1 N–H and O–H groups in total. The van der Waals surface area contributed by atoms with Crippen LogP contribution in [0.25, 0.3) is 5.69 Å². The maximum absolute atomic E-state index is 13.1. The van der Waals surface area contributed by atoms with Crippen molar-refractivity contribution in [1.82, 2.24) is 14.7 Å². The first-order chi connectivity index (χ1) is 19.2. The van der Waals surface area contributed by atoms with Crippen molar-refractivity contribution in [3.63, 3.8) is 0 Å². The molecule has 1 fully saturated rings. The molecule has 0 bridgehead atoms. The molecule has 13 nitrogen and oxygen atoms in total. The number of nitrogens with one attached hydrogen (secondary N) is 1. The number of nitrogens with zero attached hydrogens (tertiary/aromatic N) is 6. The van der Waals surface area contributed by atoms with Gasteiger partial charge in [-0.05, 0) is 24.3 Å². The number of anilines is 2. The van der Waals surface area contributed by atoms with Crippen LogP contribution in [0.4, 0.5) is 22.9 Å². The highest BCUT2D eigenvalue weighted by atomic mass is 32.2. The summed E-state index contributed by atoms with van der Waals surface area (Å²) in [6.45, 7) is 2.30. The molecule has 0 saturated carbocycles. The van der Waals surface area contributed by atoms with Crippen molar-refractivity contribution < 1.29 is 18.3 Å². The van der Waals surface area contributed by atoms with Gasteiger partial charge >= 0.3 is 0 Å². The van der Waals surface area contributed by atoms with Crippen molar-refractivity contribution in [2.45, 2.75) is 11.4 Å². The summed E-state index contributed by atoms with van der Waals surface area (Å²) < 4.78 is 30.0. The van der Waals surface area contributed by atoms with E-state index in [1.165, 1.54) is 28.9 Å². The van der Waals surface area contributed by atoms with E-state index in [9.17, 15) is 28.6 Å². The maximum atomic E-state index is 13.1. The van der Waals surface area contributed by atoms with Gasteiger partial charge in [0.1, 0.15) is 5.69 Å². The van der Waals surface area contributed by atoms with Crippen LogP contribution >= 0.6 is 0 Å². The topological polar surface area (TPSA) is 157 Å². The number of para-hydroxylation sites is 2. The van der Waals surface area contributed by atoms with Crippen molar-refractivity contribution in [3.8, 4) is 5.69 Å². The Morgan fingerprint density at radius 2 is 1.50 bits per heavy atom. The molecule has 0 aliphatic carbocycles. The average molecular weight is 564 g/mol.